The molecule has 1 aromatic rings. The summed E-state index contributed by atoms with van der Waals surface area (Å²) in [7, 11) is 0. The molecule has 0 atom stereocenters. The van der Waals surface area contributed by atoms with Gasteiger partial charge in [-0.15, -0.1) is 0 Å². The smallest absolute Gasteiger partial charge is 0.172 e. The highest BCUT2D eigenvalue weighted by atomic mass is 16.7. The number of nitrogens with zero attached hydrogens (tertiary/aromatic N) is 1. The number of fused-ring (bicyclic) bond motifs is 1. The molecule has 0 saturated carbocycles. The topological polar surface area (TPSA) is 57.4 Å². The Morgan fingerprint density at radius 2 is 2.07 bits per heavy atom. The van der Waals surface area contributed by atoms with Crippen LogP contribution in [-0.4, -0.2) is 24.0 Å². The van der Waals surface area contributed by atoms with Crippen LogP contribution in [0, 0.1) is 0 Å². The molecule has 4 heteroatoms. The molecule has 2 aliphatic rings. The molecule has 2 heterocycles. The van der Waals surface area contributed by atoms with Gasteiger partial charge >= 0.3 is 0 Å². The number of hydrogen-bond donors (Lipinski definition) is 1. The highest BCUT2D eigenvalue weighted by Crippen LogP contribution is 2.34. The second-order valence-electron chi connectivity index (χ2n) is 4.13. The zero-order chi connectivity index (χ0) is 10.3. The van der Waals surface area contributed by atoms with Crippen molar-refractivity contribution in [1.82, 2.24) is 4.98 Å². The molecule has 1 aliphatic heterocycles. The van der Waals surface area contributed by atoms with Crippen molar-refractivity contribution in [3.05, 3.63) is 23.4 Å². The van der Waals surface area contributed by atoms with Crippen LogP contribution in [0.4, 0.5) is 5.82 Å². The van der Waals surface area contributed by atoms with E-state index in [0.29, 0.717) is 19.0 Å². The van der Waals surface area contributed by atoms with Crippen LogP contribution in [0.1, 0.15) is 17.7 Å². The zero-order valence-electron chi connectivity index (χ0n) is 8.53. The van der Waals surface area contributed by atoms with Crippen molar-refractivity contribution in [2.24, 2.45) is 0 Å². The first kappa shape index (κ1) is 9.12. The Hall–Kier alpha value is -1.13. The maximum Gasteiger partial charge on any atom is 0.172 e. The number of aryl methyl sites for hydroxylation is 1. The summed E-state index contributed by atoms with van der Waals surface area (Å²) in [5.41, 5.74) is 7.96. The van der Waals surface area contributed by atoms with E-state index in [1.165, 1.54) is 5.56 Å². The number of rotatable bonds is 0. The second-order valence-corrected chi connectivity index (χ2v) is 4.13. The first-order valence-electron chi connectivity index (χ1n) is 5.30. The number of nitrogen functional groups attached to an aromatic ring is 1. The molecule has 0 aromatic carbocycles. The Balaban J connectivity index is 1.93. The monoisotopic (exact) mass is 206 g/mol. The van der Waals surface area contributed by atoms with Crippen LogP contribution in [-0.2, 0) is 22.3 Å². The molecule has 0 bridgehead atoms. The van der Waals surface area contributed by atoms with Gasteiger partial charge in [0, 0.05) is 18.5 Å². The fourth-order valence-corrected chi connectivity index (χ4v) is 2.36. The summed E-state index contributed by atoms with van der Waals surface area (Å²) >= 11 is 0. The highest BCUT2D eigenvalue weighted by Gasteiger charge is 2.40. The van der Waals surface area contributed by atoms with Gasteiger partial charge in [0.25, 0.3) is 0 Å². The second kappa shape index (κ2) is 3.18. The van der Waals surface area contributed by atoms with E-state index in [1.807, 2.05) is 12.1 Å². The van der Waals surface area contributed by atoms with Crippen molar-refractivity contribution in [1.29, 1.82) is 0 Å². The summed E-state index contributed by atoms with van der Waals surface area (Å²) in [4.78, 5) is 4.33. The van der Waals surface area contributed by atoms with E-state index in [4.69, 9.17) is 15.2 Å². The Morgan fingerprint density at radius 1 is 1.27 bits per heavy atom. The molecule has 0 amide bonds. The molecule has 1 aromatic heterocycles. The molecular weight excluding hydrogens is 192 g/mol. The van der Waals surface area contributed by atoms with Gasteiger partial charge in [0.15, 0.2) is 5.79 Å². The highest BCUT2D eigenvalue weighted by molar-refractivity contribution is 5.36. The predicted octanol–water partition coefficient (Wildman–Crippen LogP) is 0.896. The van der Waals surface area contributed by atoms with Gasteiger partial charge in [-0.3, -0.25) is 0 Å². The molecule has 4 nitrogen and oxygen atoms in total. The number of pyridine rings is 1. The molecule has 1 fully saturated rings. The lowest BCUT2D eigenvalue weighted by Gasteiger charge is -2.32. The number of aromatic nitrogens is 1. The fourth-order valence-electron chi connectivity index (χ4n) is 2.36. The molecule has 1 saturated heterocycles. The van der Waals surface area contributed by atoms with Gasteiger partial charge < -0.3 is 15.2 Å². The normalized spacial score (nSPS) is 22.9. The van der Waals surface area contributed by atoms with Gasteiger partial charge in [-0.1, -0.05) is 6.07 Å². The van der Waals surface area contributed by atoms with Crippen LogP contribution in [0.15, 0.2) is 12.1 Å². The Kier molecular flexibility index (Phi) is 1.94. The Morgan fingerprint density at radius 3 is 2.87 bits per heavy atom. The number of nitrogens with two attached hydrogens (primary N) is 1. The molecule has 0 unspecified atom stereocenters. The van der Waals surface area contributed by atoms with Gasteiger partial charge in [0.2, 0.25) is 0 Å². The summed E-state index contributed by atoms with van der Waals surface area (Å²) in [6, 6.07) is 3.87. The maximum absolute atomic E-state index is 5.69. The van der Waals surface area contributed by atoms with E-state index >= 15 is 0 Å². The number of anilines is 1. The van der Waals surface area contributed by atoms with Crippen molar-refractivity contribution in [2.45, 2.75) is 25.0 Å². The van der Waals surface area contributed by atoms with Crippen LogP contribution >= 0.6 is 0 Å². The standard InChI is InChI=1S/C11H14N2O2/c12-10-2-1-8-7-11(14-5-6-15-11)4-3-9(8)13-10/h1-2H,3-7H2,(H2,12,13). The van der Waals surface area contributed by atoms with Crippen molar-refractivity contribution < 1.29 is 9.47 Å². The van der Waals surface area contributed by atoms with Gasteiger partial charge in [0.1, 0.15) is 5.82 Å². The van der Waals surface area contributed by atoms with Gasteiger partial charge in [-0.05, 0) is 18.1 Å². The SMILES string of the molecule is Nc1ccc2c(n1)CCC1(C2)OCCO1. The van der Waals surface area contributed by atoms with Crippen LogP contribution in [0.5, 0.6) is 0 Å². The van der Waals surface area contributed by atoms with Crippen molar-refractivity contribution >= 4 is 5.82 Å². The molecule has 80 valence electrons. The number of hydrogen-bond acceptors (Lipinski definition) is 4. The molecule has 2 N–H and O–H groups in total. The van der Waals surface area contributed by atoms with E-state index < -0.39 is 0 Å². The fraction of sp³-hybridized carbons (Fsp3) is 0.545. The molecule has 3 rings (SSSR count). The van der Waals surface area contributed by atoms with E-state index in [2.05, 4.69) is 4.98 Å². The first-order valence-corrected chi connectivity index (χ1v) is 5.30. The van der Waals surface area contributed by atoms with Gasteiger partial charge in [-0.25, -0.2) is 4.98 Å². The van der Waals surface area contributed by atoms with E-state index in [-0.39, 0.29) is 5.79 Å². The lowest BCUT2D eigenvalue weighted by Crippen LogP contribution is -2.37. The number of ether oxygens (including phenoxy) is 2. The van der Waals surface area contributed by atoms with Crippen LogP contribution < -0.4 is 5.73 Å². The molecular formula is C11H14N2O2. The minimum absolute atomic E-state index is 0.370. The third-order valence-electron chi connectivity index (χ3n) is 3.11. The summed E-state index contributed by atoms with van der Waals surface area (Å²) in [5, 5.41) is 0. The van der Waals surface area contributed by atoms with Gasteiger partial charge in [-0.2, -0.15) is 0 Å². The van der Waals surface area contributed by atoms with E-state index in [0.717, 1.165) is 25.0 Å². The summed E-state index contributed by atoms with van der Waals surface area (Å²) in [5.74, 6) is 0.225. The van der Waals surface area contributed by atoms with Crippen LogP contribution in [0.3, 0.4) is 0 Å². The lowest BCUT2D eigenvalue weighted by atomic mass is 9.91. The first-order chi connectivity index (χ1) is 7.27. The third kappa shape index (κ3) is 1.50. The van der Waals surface area contributed by atoms with Gasteiger partial charge in [0.05, 0.1) is 13.2 Å². The third-order valence-corrected chi connectivity index (χ3v) is 3.11. The zero-order valence-corrected chi connectivity index (χ0v) is 8.53. The molecule has 15 heavy (non-hydrogen) atoms. The average Bonchev–Trinajstić information content (AvgIpc) is 2.67. The van der Waals surface area contributed by atoms with E-state index in [9.17, 15) is 0 Å². The van der Waals surface area contributed by atoms with Crippen LogP contribution in [0.2, 0.25) is 0 Å². The van der Waals surface area contributed by atoms with Crippen LogP contribution in [0.25, 0.3) is 0 Å². The lowest BCUT2D eigenvalue weighted by molar-refractivity contribution is -0.164. The summed E-state index contributed by atoms with van der Waals surface area (Å²) in [6.45, 7) is 1.41. The Labute approximate surface area is 88.4 Å². The van der Waals surface area contributed by atoms with E-state index in [1.54, 1.807) is 0 Å². The van der Waals surface area contributed by atoms with Crippen molar-refractivity contribution in [3.63, 3.8) is 0 Å². The quantitative estimate of drug-likeness (QED) is 0.685. The van der Waals surface area contributed by atoms with Crippen molar-refractivity contribution in [3.8, 4) is 0 Å². The minimum Gasteiger partial charge on any atom is -0.384 e. The molecule has 1 aliphatic carbocycles. The minimum atomic E-state index is -0.370. The average molecular weight is 206 g/mol. The molecule has 0 radical (unpaired) electrons. The summed E-state index contributed by atoms with van der Waals surface area (Å²) in [6.07, 6.45) is 2.58. The molecule has 1 spiro atoms. The largest absolute Gasteiger partial charge is 0.384 e. The maximum atomic E-state index is 5.69. The van der Waals surface area contributed by atoms with Crippen molar-refractivity contribution in [2.75, 3.05) is 18.9 Å². The summed E-state index contributed by atoms with van der Waals surface area (Å²) < 4.78 is 11.4. The Bertz CT molecular complexity index is 386. The predicted molar refractivity (Wildman–Crippen MR) is 55.3 cm³/mol.